The minimum absolute atomic E-state index is 0.0229. The van der Waals surface area contributed by atoms with Crippen molar-refractivity contribution in [2.24, 2.45) is 11.7 Å². The van der Waals surface area contributed by atoms with Crippen molar-refractivity contribution in [3.8, 4) is 0 Å². The molecule has 2 atom stereocenters. The van der Waals surface area contributed by atoms with Gasteiger partial charge < -0.3 is 20.3 Å². The summed E-state index contributed by atoms with van der Waals surface area (Å²) < 4.78 is 5.46. The third-order valence-corrected chi connectivity index (χ3v) is 4.50. The third kappa shape index (κ3) is 5.46. The number of hydrogen-bond donors (Lipinski definition) is 1. The Bertz CT molecular complexity index is 575. The van der Waals surface area contributed by atoms with Gasteiger partial charge in [-0.05, 0) is 38.7 Å². The molecule has 25 heavy (non-hydrogen) atoms. The molecule has 0 unspecified atom stereocenters. The molecule has 0 aliphatic carbocycles. The van der Waals surface area contributed by atoms with Gasteiger partial charge in [-0.15, -0.1) is 0 Å². The van der Waals surface area contributed by atoms with Crippen LogP contribution in [0.2, 0.25) is 0 Å². The van der Waals surface area contributed by atoms with Crippen molar-refractivity contribution in [2.75, 3.05) is 19.6 Å². The number of rotatable bonds is 6. The normalized spacial score (nSPS) is 18.3. The van der Waals surface area contributed by atoms with E-state index in [1.807, 2.05) is 44.2 Å². The topological polar surface area (TPSA) is 75.9 Å². The number of nitrogens with zero attached hydrogens (tertiary/aromatic N) is 2. The highest BCUT2D eigenvalue weighted by molar-refractivity contribution is 5.81. The van der Waals surface area contributed by atoms with Gasteiger partial charge in [-0.25, -0.2) is 4.79 Å². The molecule has 0 radical (unpaired) electrons. The Balaban J connectivity index is 1.88. The number of nitrogens with two attached hydrogens (primary N) is 1. The Labute approximate surface area is 149 Å². The molecular weight excluding hydrogens is 318 g/mol. The van der Waals surface area contributed by atoms with Gasteiger partial charge >= 0.3 is 6.09 Å². The van der Waals surface area contributed by atoms with E-state index in [1.54, 1.807) is 16.7 Å². The zero-order chi connectivity index (χ0) is 18.4. The van der Waals surface area contributed by atoms with E-state index >= 15 is 0 Å². The van der Waals surface area contributed by atoms with Crippen LogP contribution in [-0.4, -0.2) is 53.5 Å². The molecule has 1 aliphatic rings. The van der Waals surface area contributed by atoms with Crippen LogP contribution in [-0.2, 0) is 16.1 Å². The number of amides is 2. The zero-order valence-corrected chi connectivity index (χ0v) is 15.4. The van der Waals surface area contributed by atoms with Crippen molar-refractivity contribution >= 4 is 12.0 Å². The lowest BCUT2D eigenvalue weighted by atomic mass is 10.1. The lowest BCUT2D eigenvalue weighted by Crippen LogP contribution is -2.43. The molecule has 0 spiro atoms. The van der Waals surface area contributed by atoms with E-state index in [1.165, 1.54) is 0 Å². The Morgan fingerprint density at radius 3 is 2.56 bits per heavy atom. The summed E-state index contributed by atoms with van der Waals surface area (Å²) in [5.74, 6) is 0.236. The van der Waals surface area contributed by atoms with Crippen LogP contribution in [0.4, 0.5) is 4.79 Å². The number of benzene rings is 1. The predicted molar refractivity (Wildman–Crippen MR) is 96.8 cm³/mol. The first-order valence-corrected chi connectivity index (χ1v) is 8.90. The average Bonchev–Trinajstić information content (AvgIpc) is 3.06. The van der Waals surface area contributed by atoms with Gasteiger partial charge in [0.05, 0.1) is 6.04 Å². The molecule has 6 heteroatoms. The van der Waals surface area contributed by atoms with Gasteiger partial charge in [0.25, 0.3) is 0 Å². The van der Waals surface area contributed by atoms with Gasteiger partial charge in [0.1, 0.15) is 6.61 Å². The molecule has 0 bridgehead atoms. The van der Waals surface area contributed by atoms with E-state index in [0.29, 0.717) is 19.6 Å². The lowest BCUT2D eigenvalue weighted by molar-refractivity contribution is -0.131. The van der Waals surface area contributed by atoms with Crippen molar-refractivity contribution in [2.45, 2.75) is 45.9 Å². The SMILES string of the molecule is CC(C)N(C[C@@H]1CCN(C(=O)[C@H](C)N)C1)C(=O)OCc1ccccc1. The van der Waals surface area contributed by atoms with Gasteiger partial charge in [0.2, 0.25) is 5.91 Å². The minimum atomic E-state index is -0.476. The van der Waals surface area contributed by atoms with Gasteiger partial charge in [-0.3, -0.25) is 4.79 Å². The molecule has 0 aromatic heterocycles. The second kappa shape index (κ2) is 8.85. The minimum Gasteiger partial charge on any atom is -0.445 e. The molecule has 1 aromatic rings. The van der Waals surface area contributed by atoms with E-state index in [2.05, 4.69) is 0 Å². The molecule has 0 saturated carbocycles. The number of ether oxygens (including phenoxy) is 1. The van der Waals surface area contributed by atoms with Gasteiger partial charge in [0.15, 0.2) is 0 Å². The summed E-state index contributed by atoms with van der Waals surface area (Å²) in [5, 5.41) is 0. The molecule has 2 amide bonds. The van der Waals surface area contributed by atoms with Crippen molar-refractivity contribution in [3.63, 3.8) is 0 Å². The molecule has 1 aromatic carbocycles. The quantitative estimate of drug-likeness (QED) is 0.856. The van der Waals surface area contributed by atoms with Crippen molar-refractivity contribution < 1.29 is 14.3 Å². The summed E-state index contributed by atoms with van der Waals surface area (Å²) in [5.41, 5.74) is 6.64. The summed E-state index contributed by atoms with van der Waals surface area (Å²) in [7, 11) is 0. The predicted octanol–water partition coefficient (Wildman–Crippen LogP) is 2.23. The van der Waals surface area contributed by atoms with Crippen molar-refractivity contribution in [1.82, 2.24) is 9.80 Å². The summed E-state index contributed by atoms with van der Waals surface area (Å²) in [6.45, 7) is 7.87. The number of hydrogen-bond acceptors (Lipinski definition) is 4. The van der Waals surface area contributed by atoms with Crippen LogP contribution in [0.1, 0.15) is 32.8 Å². The molecule has 6 nitrogen and oxygen atoms in total. The van der Waals surface area contributed by atoms with Crippen LogP contribution in [0.15, 0.2) is 30.3 Å². The third-order valence-electron chi connectivity index (χ3n) is 4.50. The maximum absolute atomic E-state index is 12.5. The van der Waals surface area contributed by atoms with Crippen LogP contribution < -0.4 is 5.73 Å². The largest absolute Gasteiger partial charge is 0.445 e. The van der Waals surface area contributed by atoms with Gasteiger partial charge in [0, 0.05) is 25.7 Å². The molecule has 138 valence electrons. The van der Waals surface area contributed by atoms with Crippen molar-refractivity contribution in [1.29, 1.82) is 0 Å². The summed E-state index contributed by atoms with van der Waals surface area (Å²) in [6, 6.07) is 9.21. The van der Waals surface area contributed by atoms with E-state index in [9.17, 15) is 9.59 Å². The number of carbonyl (C=O) groups excluding carboxylic acids is 2. The highest BCUT2D eigenvalue weighted by atomic mass is 16.6. The first kappa shape index (κ1) is 19.2. The molecule has 1 aliphatic heterocycles. The Morgan fingerprint density at radius 1 is 1.28 bits per heavy atom. The highest BCUT2D eigenvalue weighted by Gasteiger charge is 2.31. The van der Waals surface area contributed by atoms with E-state index in [-0.39, 0.29) is 30.6 Å². The zero-order valence-electron chi connectivity index (χ0n) is 15.4. The summed E-state index contributed by atoms with van der Waals surface area (Å²) >= 11 is 0. The molecule has 2 rings (SSSR count). The van der Waals surface area contributed by atoms with Crippen LogP contribution in [0.5, 0.6) is 0 Å². The molecule has 1 fully saturated rings. The average molecular weight is 347 g/mol. The Hall–Kier alpha value is -2.08. The van der Waals surface area contributed by atoms with E-state index in [4.69, 9.17) is 10.5 Å². The summed E-state index contributed by atoms with van der Waals surface area (Å²) in [4.78, 5) is 28.0. The smallest absolute Gasteiger partial charge is 0.410 e. The number of likely N-dealkylation sites (tertiary alicyclic amines) is 1. The Kier molecular flexibility index (Phi) is 6.82. The standard InChI is InChI=1S/C19H29N3O3/c1-14(2)22(19(24)25-13-16-7-5-4-6-8-16)12-17-9-10-21(11-17)18(23)15(3)20/h4-8,14-15,17H,9-13,20H2,1-3H3/t15-,17+/m0/s1. The van der Waals surface area contributed by atoms with Crippen molar-refractivity contribution in [3.05, 3.63) is 35.9 Å². The molecule has 1 saturated heterocycles. The maximum atomic E-state index is 12.5. The monoisotopic (exact) mass is 347 g/mol. The fourth-order valence-electron chi connectivity index (χ4n) is 3.05. The van der Waals surface area contributed by atoms with Crippen LogP contribution in [0.3, 0.4) is 0 Å². The summed E-state index contributed by atoms with van der Waals surface area (Å²) in [6.07, 6.45) is 0.573. The number of carbonyl (C=O) groups is 2. The van der Waals surface area contributed by atoms with Gasteiger partial charge in [-0.2, -0.15) is 0 Å². The van der Waals surface area contributed by atoms with E-state index < -0.39 is 6.04 Å². The second-order valence-corrected chi connectivity index (χ2v) is 7.01. The van der Waals surface area contributed by atoms with E-state index in [0.717, 1.165) is 12.0 Å². The first-order chi connectivity index (χ1) is 11.9. The van der Waals surface area contributed by atoms with Crippen LogP contribution in [0.25, 0.3) is 0 Å². The first-order valence-electron chi connectivity index (χ1n) is 8.90. The fraction of sp³-hybridized carbons (Fsp3) is 0.579. The maximum Gasteiger partial charge on any atom is 0.410 e. The lowest BCUT2D eigenvalue weighted by Gasteiger charge is -2.28. The molecule has 1 heterocycles. The van der Waals surface area contributed by atoms with Gasteiger partial charge in [-0.1, -0.05) is 30.3 Å². The fourth-order valence-corrected chi connectivity index (χ4v) is 3.05. The van der Waals surface area contributed by atoms with Crippen LogP contribution in [0, 0.1) is 5.92 Å². The van der Waals surface area contributed by atoms with Crippen LogP contribution >= 0.6 is 0 Å². The molecule has 2 N–H and O–H groups in total. The Morgan fingerprint density at radius 2 is 1.96 bits per heavy atom. The highest BCUT2D eigenvalue weighted by Crippen LogP contribution is 2.20. The molecular formula is C19H29N3O3. The second-order valence-electron chi connectivity index (χ2n) is 7.01.